The van der Waals surface area contributed by atoms with Gasteiger partial charge in [0.2, 0.25) is 11.8 Å². The van der Waals surface area contributed by atoms with Crippen molar-refractivity contribution in [1.82, 2.24) is 5.32 Å². The Morgan fingerprint density at radius 2 is 1.76 bits per heavy atom. The molecular formula is C16H25N3O2. The molecule has 5 N–H and O–H groups in total. The van der Waals surface area contributed by atoms with E-state index < -0.39 is 11.9 Å². The monoisotopic (exact) mass is 291 g/mol. The van der Waals surface area contributed by atoms with Crippen LogP contribution in [0, 0.1) is 5.41 Å². The number of primary amides is 1. The molecule has 0 saturated carbocycles. The number of hydrogen-bond donors (Lipinski definition) is 3. The van der Waals surface area contributed by atoms with Gasteiger partial charge in [-0.2, -0.15) is 0 Å². The summed E-state index contributed by atoms with van der Waals surface area (Å²) in [6.45, 7) is 6.33. The summed E-state index contributed by atoms with van der Waals surface area (Å²) in [5, 5.41) is 2.92. The molecule has 1 rings (SSSR count). The second-order valence-electron chi connectivity index (χ2n) is 6.51. The van der Waals surface area contributed by atoms with E-state index in [9.17, 15) is 9.59 Å². The second kappa shape index (κ2) is 7.22. The van der Waals surface area contributed by atoms with E-state index in [1.54, 1.807) is 0 Å². The molecule has 5 heteroatoms. The summed E-state index contributed by atoms with van der Waals surface area (Å²) in [5.74, 6) is -0.934. The number of hydrogen-bond acceptors (Lipinski definition) is 3. The van der Waals surface area contributed by atoms with E-state index in [0.29, 0.717) is 0 Å². The standard InChI is InChI=1S/C16H25N3O2/c1-16(2,3)10-13(11-7-5-4-6-8-11)19-15(21)12(17)9-14(18)20/h4-8,12-13H,9-10,17H2,1-3H3,(H2,18,20)(H,19,21). The van der Waals surface area contributed by atoms with Crippen LogP contribution in [0.5, 0.6) is 0 Å². The number of benzene rings is 1. The number of rotatable bonds is 6. The smallest absolute Gasteiger partial charge is 0.237 e. The number of amides is 2. The van der Waals surface area contributed by atoms with Crippen LogP contribution in [0.3, 0.4) is 0 Å². The molecule has 0 radical (unpaired) electrons. The third kappa shape index (κ3) is 6.40. The van der Waals surface area contributed by atoms with Gasteiger partial charge in [-0.15, -0.1) is 0 Å². The van der Waals surface area contributed by atoms with Gasteiger partial charge in [-0.1, -0.05) is 51.1 Å². The normalized spacial score (nSPS) is 14.3. The van der Waals surface area contributed by atoms with Crippen molar-refractivity contribution >= 4 is 11.8 Å². The average Bonchev–Trinajstić information content (AvgIpc) is 2.36. The lowest BCUT2D eigenvalue weighted by Gasteiger charge is -2.28. The first-order chi connectivity index (χ1) is 9.69. The number of nitrogens with two attached hydrogens (primary N) is 2. The van der Waals surface area contributed by atoms with Crippen LogP contribution in [0.1, 0.15) is 45.2 Å². The highest BCUT2D eigenvalue weighted by Crippen LogP contribution is 2.29. The molecule has 21 heavy (non-hydrogen) atoms. The first-order valence-electron chi connectivity index (χ1n) is 7.08. The van der Waals surface area contributed by atoms with Crippen LogP contribution in [0.4, 0.5) is 0 Å². The Balaban J connectivity index is 2.83. The van der Waals surface area contributed by atoms with Crippen molar-refractivity contribution < 1.29 is 9.59 Å². The highest BCUT2D eigenvalue weighted by molar-refractivity contribution is 5.87. The first-order valence-corrected chi connectivity index (χ1v) is 7.08. The van der Waals surface area contributed by atoms with Crippen LogP contribution in [0.15, 0.2) is 30.3 Å². The van der Waals surface area contributed by atoms with E-state index in [0.717, 1.165) is 12.0 Å². The molecule has 0 aliphatic rings. The molecule has 2 unspecified atom stereocenters. The van der Waals surface area contributed by atoms with Crippen LogP contribution in [-0.2, 0) is 9.59 Å². The lowest BCUT2D eigenvalue weighted by Crippen LogP contribution is -2.44. The minimum atomic E-state index is -0.909. The van der Waals surface area contributed by atoms with E-state index in [-0.39, 0.29) is 23.8 Å². The minimum Gasteiger partial charge on any atom is -0.370 e. The fourth-order valence-electron chi connectivity index (χ4n) is 2.14. The molecule has 0 saturated heterocycles. The van der Waals surface area contributed by atoms with E-state index in [2.05, 4.69) is 26.1 Å². The van der Waals surface area contributed by atoms with Gasteiger partial charge in [0.15, 0.2) is 0 Å². The highest BCUT2D eigenvalue weighted by atomic mass is 16.2. The second-order valence-corrected chi connectivity index (χ2v) is 6.51. The van der Waals surface area contributed by atoms with Gasteiger partial charge in [0.25, 0.3) is 0 Å². The summed E-state index contributed by atoms with van der Waals surface area (Å²) < 4.78 is 0. The van der Waals surface area contributed by atoms with Crippen molar-refractivity contribution in [3.8, 4) is 0 Å². The van der Waals surface area contributed by atoms with Crippen LogP contribution in [0.25, 0.3) is 0 Å². The molecule has 2 atom stereocenters. The van der Waals surface area contributed by atoms with Crippen LogP contribution in [-0.4, -0.2) is 17.9 Å². The third-order valence-corrected chi connectivity index (χ3v) is 3.09. The first kappa shape index (κ1) is 17.2. The predicted molar refractivity (Wildman–Crippen MR) is 83.2 cm³/mol. The molecule has 0 aromatic heterocycles. The van der Waals surface area contributed by atoms with Crippen molar-refractivity contribution in [2.24, 2.45) is 16.9 Å². The minimum absolute atomic E-state index is 0.0432. The predicted octanol–water partition coefficient (Wildman–Crippen LogP) is 1.48. The lowest BCUT2D eigenvalue weighted by molar-refractivity contribution is -0.127. The molecule has 1 aromatic carbocycles. The van der Waals surface area contributed by atoms with E-state index in [4.69, 9.17) is 11.5 Å². The van der Waals surface area contributed by atoms with Crippen molar-refractivity contribution in [2.75, 3.05) is 0 Å². The average molecular weight is 291 g/mol. The lowest BCUT2D eigenvalue weighted by atomic mass is 9.85. The molecule has 0 bridgehead atoms. The van der Waals surface area contributed by atoms with Crippen molar-refractivity contribution in [3.05, 3.63) is 35.9 Å². The Bertz CT molecular complexity index is 480. The molecule has 0 heterocycles. The van der Waals surface area contributed by atoms with Gasteiger partial charge in [0.05, 0.1) is 18.5 Å². The van der Waals surface area contributed by atoms with Gasteiger partial charge in [-0.25, -0.2) is 0 Å². The van der Waals surface area contributed by atoms with Crippen molar-refractivity contribution in [3.63, 3.8) is 0 Å². The van der Waals surface area contributed by atoms with Crippen molar-refractivity contribution in [1.29, 1.82) is 0 Å². The van der Waals surface area contributed by atoms with Gasteiger partial charge < -0.3 is 16.8 Å². The van der Waals surface area contributed by atoms with Crippen LogP contribution in [0.2, 0.25) is 0 Å². The Morgan fingerprint density at radius 3 is 2.24 bits per heavy atom. The summed E-state index contributed by atoms with van der Waals surface area (Å²) in [4.78, 5) is 23.0. The number of carbonyl (C=O) groups excluding carboxylic acids is 2. The SMILES string of the molecule is CC(C)(C)CC(NC(=O)C(N)CC(N)=O)c1ccccc1. The van der Waals surface area contributed by atoms with Gasteiger partial charge in [0, 0.05) is 0 Å². The summed E-state index contributed by atoms with van der Waals surface area (Å²) in [5.41, 5.74) is 11.8. The fraction of sp³-hybridized carbons (Fsp3) is 0.500. The maximum absolute atomic E-state index is 12.1. The summed E-state index contributed by atoms with van der Waals surface area (Å²) >= 11 is 0. The Hall–Kier alpha value is -1.88. The molecule has 0 aliphatic carbocycles. The molecule has 0 aliphatic heterocycles. The maximum atomic E-state index is 12.1. The zero-order chi connectivity index (χ0) is 16.0. The zero-order valence-electron chi connectivity index (χ0n) is 12.9. The van der Waals surface area contributed by atoms with Gasteiger partial charge in [-0.05, 0) is 17.4 Å². The van der Waals surface area contributed by atoms with E-state index in [1.165, 1.54) is 0 Å². The fourth-order valence-corrected chi connectivity index (χ4v) is 2.14. The summed E-state index contributed by atoms with van der Waals surface area (Å²) in [7, 11) is 0. The third-order valence-electron chi connectivity index (χ3n) is 3.09. The summed E-state index contributed by atoms with van der Waals surface area (Å²) in [6.07, 6.45) is 0.620. The molecule has 116 valence electrons. The van der Waals surface area contributed by atoms with Crippen LogP contribution < -0.4 is 16.8 Å². The molecular weight excluding hydrogens is 266 g/mol. The topological polar surface area (TPSA) is 98.2 Å². The zero-order valence-corrected chi connectivity index (χ0v) is 12.9. The largest absolute Gasteiger partial charge is 0.370 e. The number of nitrogens with one attached hydrogen (secondary N) is 1. The van der Waals surface area contributed by atoms with Crippen LogP contribution >= 0.6 is 0 Å². The Labute approximate surface area is 126 Å². The molecule has 0 fully saturated rings. The Morgan fingerprint density at radius 1 is 1.19 bits per heavy atom. The molecule has 0 spiro atoms. The van der Waals surface area contributed by atoms with Gasteiger partial charge in [-0.3, -0.25) is 9.59 Å². The van der Waals surface area contributed by atoms with Gasteiger partial charge in [0.1, 0.15) is 0 Å². The Kier molecular flexibility index (Phi) is 5.90. The number of carbonyl (C=O) groups is 2. The summed E-state index contributed by atoms with van der Waals surface area (Å²) in [6, 6.07) is 8.68. The van der Waals surface area contributed by atoms with Crippen molar-refractivity contribution in [2.45, 2.75) is 45.7 Å². The quantitative estimate of drug-likeness (QED) is 0.740. The molecule has 2 amide bonds. The van der Waals surface area contributed by atoms with E-state index in [1.807, 2.05) is 30.3 Å². The van der Waals surface area contributed by atoms with Gasteiger partial charge >= 0.3 is 0 Å². The maximum Gasteiger partial charge on any atom is 0.237 e. The molecule has 5 nitrogen and oxygen atoms in total. The highest BCUT2D eigenvalue weighted by Gasteiger charge is 2.24. The van der Waals surface area contributed by atoms with E-state index >= 15 is 0 Å². The molecule has 1 aromatic rings.